The lowest BCUT2D eigenvalue weighted by atomic mass is 10.0. The predicted octanol–water partition coefficient (Wildman–Crippen LogP) is 4.06. The number of hydrogen-bond acceptors (Lipinski definition) is 2. The number of carbonyl (C=O) groups is 1. The molecule has 98 valence electrons. The molecule has 20 heavy (non-hydrogen) atoms. The molecule has 0 aromatic heterocycles. The molecule has 1 aliphatic heterocycles. The van der Waals surface area contributed by atoms with Crippen molar-refractivity contribution in [1.29, 1.82) is 0 Å². The summed E-state index contributed by atoms with van der Waals surface area (Å²) in [5.74, 6) is 0.325. The van der Waals surface area contributed by atoms with E-state index in [4.69, 9.17) is 4.74 Å². The van der Waals surface area contributed by atoms with Crippen LogP contribution in [-0.4, -0.2) is 5.97 Å². The summed E-state index contributed by atoms with van der Waals surface area (Å²) >= 11 is 0. The molecule has 0 amide bonds. The quantitative estimate of drug-likeness (QED) is 0.602. The van der Waals surface area contributed by atoms with E-state index in [0.717, 1.165) is 16.7 Å². The number of carbonyl (C=O) groups excluding carboxylic acids is 1. The summed E-state index contributed by atoms with van der Waals surface area (Å²) in [4.78, 5) is 12.0. The Labute approximate surface area is 118 Å². The van der Waals surface area contributed by atoms with Gasteiger partial charge in [0, 0.05) is 5.56 Å². The molecule has 2 nitrogen and oxygen atoms in total. The summed E-state index contributed by atoms with van der Waals surface area (Å²) in [6, 6.07) is 19.5. The fourth-order valence-electron chi connectivity index (χ4n) is 2.22. The Hall–Kier alpha value is -2.61. The maximum absolute atomic E-state index is 12.0. The number of allylic oxidation sites excluding steroid dienone is 1. The van der Waals surface area contributed by atoms with Gasteiger partial charge in [-0.05, 0) is 24.1 Å². The van der Waals surface area contributed by atoms with Gasteiger partial charge < -0.3 is 4.74 Å². The van der Waals surface area contributed by atoms with Crippen molar-refractivity contribution < 1.29 is 9.53 Å². The van der Waals surface area contributed by atoms with Crippen LogP contribution in [0.4, 0.5) is 0 Å². The summed E-state index contributed by atoms with van der Waals surface area (Å²) in [5.41, 5.74) is 3.50. The van der Waals surface area contributed by atoms with Crippen LogP contribution < -0.4 is 0 Å². The molecule has 0 bridgehead atoms. The third-order valence-electron chi connectivity index (χ3n) is 3.37. The molecule has 0 N–H and O–H groups in total. The van der Waals surface area contributed by atoms with Gasteiger partial charge in [-0.1, -0.05) is 60.7 Å². The predicted molar refractivity (Wildman–Crippen MR) is 79.5 cm³/mol. The van der Waals surface area contributed by atoms with E-state index >= 15 is 0 Å². The topological polar surface area (TPSA) is 26.3 Å². The SMILES string of the molecule is C/C(=C1/C=C(c2ccccc2)OC1=O)c1ccccc1. The van der Waals surface area contributed by atoms with Crippen LogP contribution >= 0.6 is 0 Å². The highest BCUT2D eigenvalue weighted by atomic mass is 16.5. The molecular formula is C18H14O2. The molecule has 0 atom stereocenters. The molecule has 3 rings (SSSR count). The van der Waals surface area contributed by atoms with Crippen LogP contribution in [0.2, 0.25) is 0 Å². The van der Waals surface area contributed by atoms with Crippen molar-refractivity contribution >= 4 is 17.3 Å². The van der Waals surface area contributed by atoms with Crippen LogP contribution in [0, 0.1) is 0 Å². The highest BCUT2D eigenvalue weighted by Crippen LogP contribution is 2.30. The van der Waals surface area contributed by atoms with Crippen molar-refractivity contribution in [1.82, 2.24) is 0 Å². The summed E-state index contributed by atoms with van der Waals surface area (Å²) < 4.78 is 5.37. The van der Waals surface area contributed by atoms with E-state index in [1.54, 1.807) is 0 Å². The van der Waals surface area contributed by atoms with Gasteiger partial charge in [-0.2, -0.15) is 0 Å². The Kier molecular flexibility index (Phi) is 3.21. The number of hydrogen-bond donors (Lipinski definition) is 0. The van der Waals surface area contributed by atoms with E-state index < -0.39 is 0 Å². The normalized spacial score (nSPS) is 16.6. The molecule has 2 aromatic carbocycles. The van der Waals surface area contributed by atoms with Crippen molar-refractivity contribution in [2.75, 3.05) is 0 Å². The smallest absolute Gasteiger partial charge is 0.343 e. The minimum absolute atomic E-state index is 0.287. The van der Waals surface area contributed by atoms with Crippen LogP contribution in [0.5, 0.6) is 0 Å². The lowest BCUT2D eigenvalue weighted by molar-refractivity contribution is -0.130. The standard InChI is InChI=1S/C18H14O2/c1-13(14-8-4-2-5-9-14)16-12-17(20-18(16)19)15-10-6-3-7-11-15/h2-12H,1H3/b16-13+. The molecule has 0 aliphatic carbocycles. The van der Waals surface area contributed by atoms with Crippen molar-refractivity contribution in [2.24, 2.45) is 0 Å². The van der Waals surface area contributed by atoms with Crippen LogP contribution in [-0.2, 0) is 9.53 Å². The second kappa shape index (κ2) is 5.17. The molecule has 1 heterocycles. The summed E-state index contributed by atoms with van der Waals surface area (Å²) in [5, 5.41) is 0. The molecule has 0 saturated carbocycles. The largest absolute Gasteiger partial charge is 0.422 e. The zero-order valence-corrected chi connectivity index (χ0v) is 11.2. The van der Waals surface area contributed by atoms with Crippen molar-refractivity contribution in [2.45, 2.75) is 6.92 Å². The molecule has 0 spiro atoms. The highest BCUT2D eigenvalue weighted by molar-refractivity contribution is 6.07. The second-order valence-corrected chi connectivity index (χ2v) is 4.67. The Morgan fingerprint density at radius 1 is 0.900 bits per heavy atom. The fraction of sp³-hybridized carbons (Fsp3) is 0.0556. The first-order valence-corrected chi connectivity index (χ1v) is 6.51. The van der Waals surface area contributed by atoms with E-state index in [1.807, 2.05) is 73.7 Å². The van der Waals surface area contributed by atoms with E-state index in [1.165, 1.54) is 0 Å². The molecule has 2 aromatic rings. The zero-order valence-electron chi connectivity index (χ0n) is 11.2. The van der Waals surface area contributed by atoms with Crippen molar-refractivity contribution in [3.63, 3.8) is 0 Å². The van der Waals surface area contributed by atoms with E-state index in [-0.39, 0.29) is 5.97 Å². The van der Waals surface area contributed by atoms with Gasteiger partial charge in [0.15, 0.2) is 0 Å². The number of esters is 1. The first kappa shape index (κ1) is 12.4. The average molecular weight is 262 g/mol. The van der Waals surface area contributed by atoms with Crippen LogP contribution in [0.25, 0.3) is 11.3 Å². The van der Waals surface area contributed by atoms with Gasteiger partial charge >= 0.3 is 5.97 Å². The number of rotatable bonds is 2. The average Bonchev–Trinajstić information content (AvgIpc) is 2.90. The zero-order chi connectivity index (χ0) is 13.9. The van der Waals surface area contributed by atoms with Gasteiger partial charge in [0.25, 0.3) is 0 Å². The minimum atomic E-state index is -0.287. The van der Waals surface area contributed by atoms with Crippen molar-refractivity contribution in [3.05, 3.63) is 83.4 Å². The third kappa shape index (κ3) is 2.28. The summed E-state index contributed by atoms with van der Waals surface area (Å²) in [7, 11) is 0. The Morgan fingerprint density at radius 2 is 1.50 bits per heavy atom. The number of ether oxygens (including phenoxy) is 1. The van der Waals surface area contributed by atoms with Gasteiger partial charge in [0.2, 0.25) is 0 Å². The first-order valence-electron chi connectivity index (χ1n) is 6.51. The molecule has 0 saturated heterocycles. The van der Waals surface area contributed by atoms with Gasteiger partial charge in [0.1, 0.15) is 5.76 Å². The van der Waals surface area contributed by atoms with E-state index in [2.05, 4.69) is 0 Å². The molecule has 2 heteroatoms. The Bertz CT molecular complexity index is 695. The first-order chi connectivity index (χ1) is 9.75. The molecule has 0 unspecified atom stereocenters. The summed E-state index contributed by atoms with van der Waals surface area (Å²) in [6.07, 6.45) is 1.82. The van der Waals surface area contributed by atoms with E-state index in [0.29, 0.717) is 11.3 Å². The monoisotopic (exact) mass is 262 g/mol. The number of benzene rings is 2. The lowest BCUT2D eigenvalue weighted by Gasteiger charge is -2.02. The van der Waals surface area contributed by atoms with Gasteiger partial charge in [-0.25, -0.2) is 4.79 Å². The fourth-order valence-corrected chi connectivity index (χ4v) is 2.22. The minimum Gasteiger partial charge on any atom is -0.422 e. The molecular weight excluding hydrogens is 248 g/mol. The Morgan fingerprint density at radius 3 is 2.15 bits per heavy atom. The van der Waals surface area contributed by atoms with E-state index in [9.17, 15) is 4.79 Å². The summed E-state index contributed by atoms with van der Waals surface area (Å²) in [6.45, 7) is 1.94. The van der Waals surface area contributed by atoms with Crippen LogP contribution in [0.1, 0.15) is 18.1 Å². The molecule has 0 fully saturated rings. The molecule has 0 radical (unpaired) electrons. The van der Waals surface area contributed by atoms with Crippen LogP contribution in [0.3, 0.4) is 0 Å². The van der Waals surface area contributed by atoms with Gasteiger partial charge in [-0.15, -0.1) is 0 Å². The lowest BCUT2D eigenvalue weighted by Crippen LogP contribution is -1.99. The van der Waals surface area contributed by atoms with Gasteiger partial charge in [0.05, 0.1) is 5.57 Å². The van der Waals surface area contributed by atoms with Gasteiger partial charge in [-0.3, -0.25) is 0 Å². The highest BCUT2D eigenvalue weighted by Gasteiger charge is 2.24. The maximum Gasteiger partial charge on any atom is 0.343 e. The second-order valence-electron chi connectivity index (χ2n) is 4.67. The van der Waals surface area contributed by atoms with Crippen LogP contribution in [0.15, 0.2) is 72.3 Å². The third-order valence-corrected chi connectivity index (χ3v) is 3.37. The maximum atomic E-state index is 12.0. The number of cyclic esters (lactones) is 1. The molecule has 1 aliphatic rings. The van der Waals surface area contributed by atoms with Crippen molar-refractivity contribution in [3.8, 4) is 0 Å². The Balaban J connectivity index is 2.03.